The van der Waals surface area contributed by atoms with Crippen molar-refractivity contribution < 1.29 is 9.53 Å². The molecule has 1 aromatic rings. The fraction of sp³-hybridized carbons (Fsp3) is 0.583. The van der Waals surface area contributed by atoms with Crippen LogP contribution in [0, 0.1) is 13.8 Å². The molecule has 17 heavy (non-hydrogen) atoms. The molecule has 0 aliphatic rings. The predicted octanol–water partition coefficient (Wildman–Crippen LogP) is 4.15. The Morgan fingerprint density at radius 2 is 1.94 bits per heavy atom. The molecule has 0 aliphatic carbocycles. The first-order valence-electron chi connectivity index (χ1n) is 5.42. The standard InChI is InChI=1S/C12H18BrNO2S/c1-7-9(10(13)8(2)17-7)6-14-11(15)16-12(3,4)5/h6H2,1-5H3,(H,14,15). The monoisotopic (exact) mass is 319 g/mol. The van der Waals surface area contributed by atoms with Crippen LogP contribution >= 0.6 is 27.3 Å². The molecule has 1 amide bonds. The maximum absolute atomic E-state index is 11.5. The van der Waals surface area contributed by atoms with Gasteiger partial charge in [0.25, 0.3) is 0 Å². The van der Waals surface area contributed by atoms with Crippen molar-refractivity contribution in [3.8, 4) is 0 Å². The van der Waals surface area contributed by atoms with Crippen LogP contribution in [-0.4, -0.2) is 11.7 Å². The molecule has 3 nitrogen and oxygen atoms in total. The highest BCUT2D eigenvalue weighted by Gasteiger charge is 2.17. The van der Waals surface area contributed by atoms with Gasteiger partial charge in [-0.25, -0.2) is 4.79 Å². The van der Waals surface area contributed by atoms with Gasteiger partial charge in [0.05, 0.1) is 0 Å². The summed E-state index contributed by atoms with van der Waals surface area (Å²) in [6.07, 6.45) is -0.382. The van der Waals surface area contributed by atoms with Crippen LogP contribution in [0.4, 0.5) is 4.79 Å². The van der Waals surface area contributed by atoms with E-state index in [1.165, 1.54) is 9.75 Å². The quantitative estimate of drug-likeness (QED) is 0.889. The van der Waals surface area contributed by atoms with Gasteiger partial charge < -0.3 is 10.1 Å². The number of ether oxygens (including phenoxy) is 1. The Bertz CT molecular complexity index is 421. The first-order valence-corrected chi connectivity index (χ1v) is 7.03. The van der Waals surface area contributed by atoms with Crippen LogP contribution in [0.2, 0.25) is 0 Å². The molecule has 0 radical (unpaired) electrons. The summed E-state index contributed by atoms with van der Waals surface area (Å²) in [5.74, 6) is 0. The van der Waals surface area contributed by atoms with Crippen molar-refractivity contribution in [3.63, 3.8) is 0 Å². The van der Waals surface area contributed by atoms with E-state index in [1.807, 2.05) is 20.8 Å². The van der Waals surface area contributed by atoms with Crippen molar-refractivity contribution in [1.29, 1.82) is 0 Å². The third-order valence-corrected chi connectivity index (χ3v) is 4.51. The Hall–Kier alpha value is -0.550. The Labute approximate surface area is 115 Å². The number of carbonyl (C=O) groups excluding carboxylic acids is 1. The van der Waals surface area contributed by atoms with E-state index in [0.717, 1.165) is 10.0 Å². The highest BCUT2D eigenvalue weighted by molar-refractivity contribution is 9.10. The lowest BCUT2D eigenvalue weighted by Crippen LogP contribution is -2.32. The summed E-state index contributed by atoms with van der Waals surface area (Å²) >= 11 is 5.25. The molecule has 0 aliphatic heterocycles. The normalized spacial score (nSPS) is 11.4. The van der Waals surface area contributed by atoms with Gasteiger partial charge in [-0.3, -0.25) is 0 Å². The molecule has 1 aromatic heterocycles. The van der Waals surface area contributed by atoms with Crippen molar-refractivity contribution in [1.82, 2.24) is 5.32 Å². The summed E-state index contributed by atoms with van der Waals surface area (Å²) in [5.41, 5.74) is 0.666. The second kappa shape index (κ2) is 5.40. The number of hydrogen-bond donors (Lipinski definition) is 1. The van der Waals surface area contributed by atoms with E-state index < -0.39 is 5.60 Å². The lowest BCUT2D eigenvalue weighted by molar-refractivity contribution is 0.0523. The molecular weight excluding hydrogens is 302 g/mol. The minimum absolute atomic E-state index is 0.382. The second-order valence-electron chi connectivity index (χ2n) is 4.86. The highest BCUT2D eigenvalue weighted by Crippen LogP contribution is 2.31. The number of hydrogen-bond acceptors (Lipinski definition) is 3. The van der Waals surface area contributed by atoms with Gasteiger partial charge in [0.15, 0.2) is 0 Å². The SMILES string of the molecule is Cc1sc(C)c(CNC(=O)OC(C)(C)C)c1Br. The molecule has 0 saturated heterocycles. The fourth-order valence-electron chi connectivity index (χ4n) is 1.38. The molecule has 0 bridgehead atoms. The molecule has 1 N–H and O–H groups in total. The number of amides is 1. The van der Waals surface area contributed by atoms with Gasteiger partial charge in [-0.15, -0.1) is 11.3 Å². The van der Waals surface area contributed by atoms with E-state index in [-0.39, 0.29) is 6.09 Å². The Morgan fingerprint density at radius 3 is 2.35 bits per heavy atom. The highest BCUT2D eigenvalue weighted by atomic mass is 79.9. The zero-order valence-electron chi connectivity index (χ0n) is 10.8. The third-order valence-electron chi connectivity index (χ3n) is 2.11. The number of carbonyl (C=O) groups is 1. The fourth-order valence-corrected chi connectivity index (χ4v) is 3.16. The number of nitrogens with one attached hydrogen (secondary N) is 1. The maximum Gasteiger partial charge on any atom is 0.407 e. The van der Waals surface area contributed by atoms with Crippen molar-refractivity contribution in [2.45, 2.75) is 46.8 Å². The third kappa shape index (κ3) is 4.32. The van der Waals surface area contributed by atoms with Gasteiger partial charge in [0.1, 0.15) is 5.60 Å². The Kier molecular flexibility index (Phi) is 4.61. The summed E-state index contributed by atoms with van der Waals surface area (Å²) in [5, 5.41) is 2.77. The van der Waals surface area contributed by atoms with E-state index >= 15 is 0 Å². The summed E-state index contributed by atoms with van der Waals surface area (Å²) < 4.78 is 6.26. The molecule has 0 spiro atoms. The van der Waals surface area contributed by atoms with E-state index in [0.29, 0.717) is 6.54 Å². The molecule has 1 rings (SSSR count). The van der Waals surface area contributed by atoms with Crippen molar-refractivity contribution in [2.24, 2.45) is 0 Å². The van der Waals surface area contributed by atoms with Crippen LogP contribution in [0.1, 0.15) is 36.1 Å². The number of rotatable bonds is 2. The van der Waals surface area contributed by atoms with Gasteiger partial charge in [-0.1, -0.05) is 0 Å². The smallest absolute Gasteiger partial charge is 0.407 e. The summed E-state index contributed by atoms with van der Waals surface area (Å²) in [6.45, 7) is 10.1. The number of alkyl carbamates (subject to hydrolysis) is 1. The maximum atomic E-state index is 11.5. The topological polar surface area (TPSA) is 38.3 Å². The molecule has 0 saturated carbocycles. The van der Waals surface area contributed by atoms with Crippen LogP contribution < -0.4 is 5.32 Å². The average Bonchev–Trinajstić information content (AvgIpc) is 2.36. The van der Waals surface area contributed by atoms with Crippen molar-refractivity contribution in [3.05, 3.63) is 19.8 Å². The predicted molar refractivity (Wildman–Crippen MR) is 74.6 cm³/mol. The van der Waals surface area contributed by atoms with Gasteiger partial charge in [-0.2, -0.15) is 0 Å². The van der Waals surface area contributed by atoms with Gasteiger partial charge >= 0.3 is 6.09 Å². The summed E-state index contributed by atoms with van der Waals surface area (Å²) in [6, 6.07) is 0. The molecule has 96 valence electrons. The number of aryl methyl sites for hydroxylation is 2. The van der Waals surface area contributed by atoms with Crippen molar-refractivity contribution in [2.75, 3.05) is 0 Å². The van der Waals surface area contributed by atoms with Crippen LogP contribution in [0.25, 0.3) is 0 Å². The van der Waals surface area contributed by atoms with Crippen molar-refractivity contribution >= 4 is 33.4 Å². The molecule has 0 unspecified atom stereocenters. The zero-order valence-corrected chi connectivity index (χ0v) is 13.2. The zero-order chi connectivity index (χ0) is 13.2. The van der Waals surface area contributed by atoms with Gasteiger partial charge in [-0.05, 0) is 56.1 Å². The van der Waals surface area contributed by atoms with Crippen LogP contribution in [-0.2, 0) is 11.3 Å². The minimum Gasteiger partial charge on any atom is -0.444 e. The first-order chi connectivity index (χ1) is 7.70. The molecule has 0 fully saturated rings. The van der Waals surface area contributed by atoms with E-state index in [1.54, 1.807) is 11.3 Å². The minimum atomic E-state index is -0.457. The average molecular weight is 320 g/mol. The van der Waals surface area contributed by atoms with E-state index in [4.69, 9.17) is 4.74 Å². The largest absolute Gasteiger partial charge is 0.444 e. The number of thiophene rings is 1. The van der Waals surface area contributed by atoms with Crippen LogP contribution in [0.3, 0.4) is 0 Å². The van der Waals surface area contributed by atoms with Crippen LogP contribution in [0.5, 0.6) is 0 Å². The lowest BCUT2D eigenvalue weighted by atomic mass is 10.2. The molecular formula is C12H18BrNO2S. The van der Waals surface area contributed by atoms with Crippen LogP contribution in [0.15, 0.2) is 4.47 Å². The summed E-state index contributed by atoms with van der Waals surface area (Å²) in [4.78, 5) is 14.0. The van der Waals surface area contributed by atoms with E-state index in [2.05, 4.69) is 35.1 Å². The number of halogens is 1. The lowest BCUT2D eigenvalue weighted by Gasteiger charge is -2.19. The molecule has 1 heterocycles. The van der Waals surface area contributed by atoms with Gasteiger partial charge in [0.2, 0.25) is 0 Å². The van der Waals surface area contributed by atoms with E-state index in [9.17, 15) is 4.79 Å². The summed E-state index contributed by atoms with van der Waals surface area (Å²) in [7, 11) is 0. The second-order valence-corrected chi connectivity index (χ2v) is 7.08. The Balaban J connectivity index is 2.59. The molecule has 0 atom stereocenters. The Morgan fingerprint density at radius 1 is 1.35 bits per heavy atom. The van der Waals surface area contributed by atoms with Gasteiger partial charge in [0, 0.05) is 20.8 Å². The molecule has 0 aromatic carbocycles. The molecule has 5 heteroatoms. The first kappa shape index (κ1) is 14.5.